The lowest BCUT2D eigenvalue weighted by atomic mass is 9.76. The SMILES string of the molecule is C=C(C)NCC1OC(OC2C(COC(=O)Nc3ccccc3)OC(OC3C(OC(=O)Nc4ccccc4)C(CC(C)=N)CC(N=C(C)N)C3OC3OC(CN=C(C)N)C(OC(=O)Nc4ccccc4)C(OC(=O)Nc4ccccc4)C3N=C(C)N)C2C)C(N=C(C)N)C(C)C1OC(=O)Nc1ccccc1. The number of carbonyl (C=O) groups is 5. The molecule has 5 aromatic carbocycles. The molecule has 1 saturated carbocycles. The van der Waals surface area contributed by atoms with E-state index in [1.165, 1.54) is 13.8 Å². The summed E-state index contributed by atoms with van der Waals surface area (Å²) in [5.74, 6) is -2.13. The monoisotopic (exact) mass is 1450 g/mol. The van der Waals surface area contributed by atoms with Crippen molar-refractivity contribution in [2.75, 3.05) is 46.3 Å². The van der Waals surface area contributed by atoms with E-state index in [0.717, 1.165) is 0 Å². The maximum Gasteiger partial charge on any atom is 0.412 e. The van der Waals surface area contributed by atoms with Crippen molar-refractivity contribution in [3.63, 3.8) is 0 Å². The number of amidine groups is 4. The molecule has 4 fully saturated rings. The molecule has 3 aliphatic heterocycles. The summed E-state index contributed by atoms with van der Waals surface area (Å²) in [7, 11) is 0. The number of allylic oxidation sites excluding steroid dienone is 1. The van der Waals surface area contributed by atoms with Gasteiger partial charge in [-0.3, -0.25) is 46.6 Å². The standard InChI is InChI=1S/C74H95N15O16/c1-40(2)80-37-55-60(102-71(91)86-50-27-17-11-18-28-50)42(4)58(83-46(8)78)68(96-55)99-61-43(5)67(98-57(61)39-95-70(90)85-49-25-15-10-16-26-49)101-66-62(103-72(92)87-51-29-19-12-20-30-51)48(35-41(3)75)36-54(82-45(7)77)63(66)100-69-59(84-47(9)79)65(105-74(94)89-53-33-23-14-24-34-53)64(56(97-69)38-81-44(6)76)104-73(93)88-52-31-21-13-22-32-52/h10-34,42-43,48,54-69,75,80H,1,35-39H2,2-9H3,(H2,76,81)(H2,77,82)(H2,78,83)(H2,79,84)(H,85,90)(H,86,91)(H,87,92)(H,88,93)(H,89,94). The second-order valence-corrected chi connectivity index (χ2v) is 26.2. The number of anilines is 5. The topological polar surface area (TPSA) is 436 Å². The summed E-state index contributed by atoms with van der Waals surface area (Å²) in [5, 5.41) is 26.0. The van der Waals surface area contributed by atoms with Crippen molar-refractivity contribution >= 4 is 88.0 Å². The second kappa shape index (κ2) is 37.6. The highest BCUT2D eigenvalue weighted by Crippen LogP contribution is 2.44. The minimum Gasteiger partial charge on any atom is -0.446 e. The number of carbonyl (C=O) groups excluding carboxylic acids is 5. The van der Waals surface area contributed by atoms with Gasteiger partial charge in [0.1, 0.15) is 61.4 Å². The molecule has 3 saturated heterocycles. The van der Waals surface area contributed by atoms with E-state index in [9.17, 15) is 24.0 Å². The van der Waals surface area contributed by atoms with Crippen LogP contribution in [-0.4, -0.2) is 177 Å². The molecule has 1 aliphatic carbocycles. The molecular formula is C74H95N15O16. The Morgan fingerprint density at radius 1 is 0.457 bits per heavy atom. The molecule has 15 N–H and O–H groups in total. The van der Waals surface area contributed by atoms with Crippen molar-refractivity contribution in [3.8, 4) is 0 Å². The number of para-hydroxylation sites is 5. The first-order valence-electron chi connectivity index (χ1n) is 34.5. The van der Waals surface area contributed by atoms with E-state index >= 15 is 0 Å². The summed E-state index contributed by atoms with van der Waals surface area (Å²) in [6.45, 7) is 16.4. The first-order chi connectivity index (χ1) is 50.3. The second-order valence-electron chi connectivity index (χ2n) is 26.2. The van der Waals surface area contributed by atoms with Crippen LogP contribution in [0.2, 0.25) is 0 Å². The predicted octanol–water partition coefficient (Wildman–Crippen LogP) is 9.49. The third-order valence-corrected chi connectivity index (χ3v) is 17.4. The summed E-state index contributed by atoms with van der Waals surface area (Å²) in [4.78, 5) is 90.0. The van der Waals surface area contributed by atoms with E-state index in [1.54, 1.807) is 180 Å². The fraction of sp³-hybridized carbons (Fsp3) is 0.432. The Hall–Kier alpha value is -10.7. The van der Waals surface area contributed by atoms with Crippen molar-refractivity contribution in [2.24, 2.45) is 60.7 Å². The Kier molecular flexibility index (Phi) is 28.1. The summed E-state index contributed by atoms with van der Waals surface area (Å²) >= 11 is 0. The largest absolute Gasteiger partial charge is 0.446 e. The molecule has 4 aliphatic rings. The number of nitrogens with zero attached hydrogens (tertiary/aromatic N) is 4. The molecule has 19 unspecified atom stereocenters. The number of hydrogen-bond acceptors (Lipinski definition) is 22. The van der Waals surface area contributed by atoms with Crippen molar-refractivity contribution in [1.29, 1.82) is 5.41 Å². The summed E-state index contributed by atoms with van der Waals surface area (Å²) in [6.07, 6.45) is -22.2. The number of hydrogen-bond donors (Lipinski definition) is 11. The molecule has 105 heavy (non-hydrogen) atoms. The van der Waals surface area contributed by atoms with Crippen molar-refractivity contribution in [2.45, 2.75) is 166 Å². The van der Waals surface area contributed by atoms with Crippen LogP contribution in [0.1, 0.15) is 68.2 Å². The highest BCUT2D eigenvalue weighted by Gasteiger charge is 2.58. The number of rotatable bonds is 27. The number of nitrogens with two attached hydrogens (primary N) is 4. The van der Waals surface area contributed by atoms with E-state index < -0.39 is 153 Å². The Morgan fingerprint density at radius 2 is 0.857 bits per heavy atom. The van der Waals surface area contributed by atoms with Gasteiger partial charge in [-0.25, -0.2) is 24.0 Å². The highest BCUT2D eigenvalue weighted by molar-refractivity contribution is 5.88. The van der Waals surface area contributed by atoms with Gasteiger partial charge in [0, 0.05) is 64.1 Å². The lowest BCUT2D eigenvalue weighted by Gasteiger charge is -2.49. The van der Waals surface area contributed by atoms with Crippen molar-refractivity contribution in [1.82, 2.24) is 5.32 Å². The molecular weight excluding hydrogens is 1350 g/mol. The smallest absolute Gasteiger partial charge is 0.412 e. The number of nitrogens with one attached hydrogen (secondary N) is 7. The Labute approximate surface area is 609 Å². The van der Waals surface area contributed by atoms with Gasteiger partial charge in [-0.15, -0.1) is 0 Å². The molecule has 0 bridgehead atoms. The van der Waals surface area contributed by atoms with Gasteiger partial charge in [0.05, 0.1) is 42.0 Å². The maximum atomic E-state index is 14.7. The van der Waals surface area contributed by atoms with Gasteiger partial charge in [-0.1, -0.05) is 111 Å². The quantitative estimate of drug-likeness (QED) is 0.0132. The normalized spacial score (nSPS) is 28.5. The molecule has 0 spiro atoms. The zero-order chi connectivity index (χ0) is 75.3. The Morgan fingerprint density at radius 3 is 1.31 bits per heavy atom. The average Bonchev–Trinajstić information content (AvgIpc) is 1.73. The minimum atomic E-state index is -1.71. The van der Waals surface area contributed by atoms with E-state index in [0.29, 0.717) is 34.1 Å². The van der Waals surface area contributed by atoms with Crippen LogP contribution in [0.25, 0.3) is 0 Å². The zero-order valence-electron chi connectivity index (χ0n) is 59.8. The molecule has 19 atom stereocenters. The predicted molar refractivity (Wildman–Crippen MR) is 396 cm³/mol. The van der Waals surface area contributed by atoms with Crippen LogP contribution in [0.4, 0.5) is 52.4 Å². The van der Waals surface area contributed by atoms with Gasteiger partial charge in [0.15, 0.2) is 31.1 Å². The van der Waals surface area contributed by atoms with Crippen LogP contribution in [0.5, 0.6) is 0 Å². The average molecular weight is 1450 g/mol. The molecule has 562 valence electrons. The van der Waals surface area contributed by atoms with Gasteiger partial charge < -0.3 is 85.8 Å². The number of aliphatic imine (C=N–C) groups is 4. The fourth-order valence-electron chi connectivity index (χ4n) is 12.8. The van der Waals surface area contributed by atoms with E-state index in [1.807, 2.05) is 13.0 Å². The number of ether oxygens (including phenoxy) is 11. The molecule has 31 nitrogen and oxygen atoms in total. The van der Waals surface area contributed by atoms with Gasteiger partial charge in [0.25, 0.3) is 0 Å². The van der Waals surface area contributed by atoms with Gasteiger partial charge in [-0.05, 0) is 115 Å². The van der Waals surface area contributed by atoms with E-state index in [-0.39, 0.29) is 55.0 Å². The van der Waals surface area contributed by atoms with Crippen LogP contribution < -0.4 is 54.8 Å². The molecule has 0 radical (unpaired) electrons. The Bertz CT molecular complexity index is 3830. The summed E-state index contributed by atoms with van der Waals surface area (Å²) in [5.41, 5.74) is 28.5. The number of benzene rings is 5. The highest BCUT2D eigenvalue weighted by atomic mass is 16.8. The third kappa shape index (κ3) is 22.9. The van der Waals surface area contributed by atoms with Crippen LogP contribution in [0.15, 0.2) is 184 Å². The van der Waals surface area contributed by atoms with Crippen molar-refractivity contribution < 1.29 is 76.1 Å². The molecule has 3 heterocycles. The summed E-state index contributed by atoms with van der Waals surface area (Å²) < 4.78 is 74.1. The zero-order valence-corrected chi connectivity index (χ0v) is 59.8. The first kappa shape index (κ1) is 78.4. The van der Waals surface area contributed by atoms with Crippen LogP contribution in [0.3, 0.4) is 0 Å². The van der Waals surface area contributed by atoms with Crippen LogP contribution in [0, 0.1) is 23.2 Å². The molecule has 9 rings (SSSR count). The Balaban J connectivity index is 1.15. The lowest BCUT2D eigenvalue weighted by molar-refractivity contribution is -0.305. The van der Waals surface area contributed by atoms with Crippen LogP contribution in [-0.2, 0) is 52.1 Å². The molecule has 31 heteroatoms. The first-order valence-corrected chi connectivity index (χ1v) is 34.5. The molecule has 5 amide bonds. The van der Waals surface area contributed by atoms with E-state index in [4.69, 9.17) is 95.4 Å². The molecule has 0 aromatic heterocycles. The van der Waals surface area contributed by atoms with Crippen LogP contribution >= 0.6 is 0 Å². The maximum absolute atomic E-state index is 14.7. The lowest BCUT2D eigenvalue weighted by Crippen LogP contribution is -2.65. The van der Waals surface area contributed by atoms with Gasteiger partial charge in [0.2, 0.25) is 0 Å². The third-order valence-electron chi connectivity index (χ3n) is 17.4. The number of amides is 5. The van der Waals surface area contributed by atoms with Crippen molar-refractivity contribution in [3.05, 3.63) is 164 Å². The summed E-state index contributed by atoms with van der Waals surface area (Å²) in [6, 6.07) is 39.3. The van der Waals surface area contributed by atoms with Gasteiger partial charge in [-0.2, -0.15) is 0 Å². The van der Waals surface area contributed by atoms with Gasteiger partial charge >= 0.3 is 30.5 Å². The fourth-order valence-corrected chi connectivity index (χ4v) is 12.8. The minimum absolute atomic E-state index is 0.0131. The molecule has 5 aromatic rings. The van der Waals surface area contributed by atoms with E-state index in [2.05, 4.69) is 43.5 Å².